The van der Waals surface area contributed by atoms with Crippen LogP contribution >= 0.6 is 0 Å². The third-order valence-electron chi connectivity index (χ3n) is 2.17. The first-order chi connectivity index (χ1) is 9.04. The van der Waals surface area contributed by atoms with Crippen molar-refractivity contribution in [3.8, 4) is 5.75 Å². The number of hydrogen-bond acceptors (Lipinski definition) is 5. The maximum Gasteiger partial charge on any atom is 0.333 e. The predicted octanol–water partition coefficient (Wildman–Crippen LogP) is 1.53. The highest BCUT2D eigenvalue weighted by Gasteiger charge is 2.22. The molecule has 100 valence electrons. The maximum atomic E-state index is 11.7. The average Bonchev–Trinajstić information content (AvgIpc) is 2.40. The summed E-state index contributed by atoms with van der Waals surface area (Å²) in [6.45, 7) is 4.50. The number of hydrogen-bond donors (Lipinski definition) is 0. The lowest BCUT2D eigenvalue weighted by Gasteiger charge is -2.10. The molecule has 0 amide bonds. The van der Waals surface area contributed by atoms with Gasteiger partial charge in [-0.05, 0) is 19.1 Å². The molecule has 0 aliphatic heterocycles. The van der Waals surface area contributed by atoms with Gasteiger partial charge >= 0.3 is 11.9 Å². The summed E-state index contributed by atoms with van der Waals surface area (Å²) in [5, 5.41) is 0. The molecule has 0 bridgehead atoms. The van der Waals surface area contributed by atoms with Gasteiger partial charge < -0.3 is 14.3 Å². The molecule has 19 heavy (non-hydrogen) atoms. The third kappa shape index (κ3) is 4.75. The van der Waals surface area contributed by atoms with E-state index in [4.69, 9.17) is 9.47 Å². The Morgan fingerprint density at radius 3 is 2.47 bits per heavy atom. The summed E-state index contributed by atoms with van der Waals surface area (Å²) < 4.78 is 9.72. The van der Waals surface area contributed by atoms with Gasteiger partial charge in [0.25, 0.3) is 0 Å². The van der Waals surface area contributed by atoms with E-state index in [0.717, 1.165) is 0 Å². The molecule has 0 saturated heterocycles. The molecular formula is C14H14O5. The third-order valence-corrected chi connectivity index (χ3v) is 2.17. The van der Waals surface area contributed by atoms with E-state index in [1.165, 1.54) is 6.92 Å². The van der Waals surface area contributed by atoms with Crippen LogP contribution in [0.1, 0.15) is 6.92 Å². The second-order valence-electron chi connectivity index (χ2n) is 3.86. The second kappa shape index (κ2) is 7.10. The monoisotopic (exact) mass is 262 g/mol. The van der Waals surface area contributed by atoms with Gasteiger partial charge in [0.1, 0.15) is 24.6 Å². The Labute approximate surface area is 110 Å². The summed E-state index contributed by atoms with van der Waals surface area (Å²) in [4.78, 5) is 33.6. The molecule has 0 heterocycles. The highest BCUT2D eigenvalue weighted by atomic mass is 16.6. The van der Waals surface area contributed by atoms with Crippen LogP contribution in [0.3, 0.4) is 0 Å². The van der Waals surface area contributed by atoms with Crippen LogP contribution < -0.4 is 4.74 Å². The largest absolute Gasteiger partial charge is 0.461 e. The smallest absolute Gasteiger partial charge is 0.333 e. The van der Waals surface area contributed by atoms with Crippen molar-refractivity contribution in [2.75, 3.05) is 6.61 Å². The molecule has 0 radical (unpaired) electrons. The molecule has 0 aliphatic carbocycles. The molecule has 0 saturated carbocycles. The minimum Gasteiger partial charge on any atom is -0.461 e. The van der Waals surface area contributed by atoms with Crippen LogP contribution in [0.25, 0.3) is 0 Å². The summed E-state index contributed by atoms with van der Waals surface area (Å²) in [7, 11) is 0. The van der Waals surface area contributed by atoms with Gasteiger partial charge in [-0.1, -0.05) is 24.8 Å². The SMILES string of the molecule is C=C(C)C(=O)OCC(C=O)C(=O)Oc1ccccc1. The maximum absolute atomic E-state index is 11.7. The first kappa shape index (κ1) is 14.6. The van der Waals surface area contributed by atoms with Gasteiger partial charge in [-0.15, -0.1) is 0 Å². The fourth-order valence-electron chi connectivity index (χ4n) is 1.13. The van der Waals surface area contributed by atoms with Crippen LogP contribution in [0.5, 0.6) is 5.75 Å². The second-order valence-corrected chi connectivity index (χ2v) is 3.86. The summed E-state index contributed by atoms with van der Waals surface area (Å²) in [6, 6.07) is 8.32. The van der Waals surface area contributed by atoms with Crippen molar-refractivity contribution in [3.63, 3.8) is 0 Å². The molecule has 5 heteroatoms. The minimum absolute atomic E-state index is 0.195. The molecule has 0 aromatic heterocycles. The summed E-state index contributed by atoms with van der Waals surface area (Å²) in [5.41, 5.74) is 0.195. The Kier molecular flexibility index (Phi) is 5.47. The van der Waals surface area contributed by atoms with E-state index in [9.17, 15) is 14.4 Å². The minimum atomic E-state index is -1.15. The molecule has 1 atom stereocenters. The molecule has 1 unspecified atom stereocenters. The first-order valence-corrected chi connectivity index (χ1v) is 5.59. The van der Waals surface area contributed by atoms with E-state index < -0.39 is 17.9 Å². The van der Waals surface area contributed by atoms with Crippen molar-refractivity contribution in [3.05, 3.63) is 42.5 Å². The molecular weight excluding hydrogens is 248 g/mol. The van der Waals surface area contributed by atoms with Crippen LogP contribution in [0, 0.1) is 5.92 Å². The van der Waals surface area contributed by atoms with E-state index in [2.05, 4.69) is 6.58 Å². The number of esters is 2. The number of aldehydes is 1. The van der Waals surface area contributed by atoms with Gasteiger partial charge in [0.2, 0.25) is 0 Å². The molecule has 1 aromatic rings. The fraction of sp³-hybridized carbons (Fsp3) is 0.214. The Morgan fingerprint density at radius 2 is 1.95 bits per heavy atom. The van der Waals surface area contributed by atoms with Gasteiger partial charge in [-0.25, -0.2) is 4.79 Å². The highest BCUT2D eigenvalue weighted by Crippen LogP contribution is 2.11. The number of rotatable bonds is 6. The average molecular weight is 262 g/mol. The normalized spacial score (nSPS) is 11.2. The quantitative estimate of drug-likeness (QED) is 0.255. The predicted molar refractivity (Wildman–Crippen MR) is 67.4 cm³/mol. The van der Waals surface area contributed by atoms with Crippen molar-refractivity contribution in [2.45, 2.75) is 6.92 Å². The number of para-hydroxylation sites is 1. The Morgan fingerprint density at radius 1 is 1.32 bits per heavy atom. The van der Waals surface area contributed by atoms with Crippen LogP contribution in [-0.4, -0.2) is 24.8 Å². The summed E-state index contributed by atoms with van der Waals surface area (Å²) >= 11 is 0. The summed E-state index contributed by atoms with van der Waals surface area (Å²) in [5.74, 6) is -2.25. The van der Waals surface area contributed by atoms with Crippen LogP contribution in [-0.2, 0) is 19.1 Å². The van der Waals surface area contributed by atoms with Crippen molar-refractivity contribution in [1.29, 1.82) is 0 Å². The molecule has 0 spiro atoms. The topological polar surface area (TPSA) is 69.7 Å². The number of carbonyl (C=O) groups is 3. The Balaban J connectivity index is 2.55. The molecule has 1 aromatic carbocycles. The number of ether oxygens (including phenoxy) is 2. The zero-order chi connectivity index (χ0) is 14.3. The van der Waals surface area contributed by atoms with E-state index in [1.807, 2.05) is 0 Å². The zero-order valence-electron chi connectivity index (χ0n) is 10.5. The lowest BCUT2D eigenvalue weighted by molar-refractivity contribution is -0.148. The lowest BCUT2D eigenvalue weighted by Crippen LogP contribution is -2.27. The molecule has 5 nitrogen and oxygen atoms in total. The van der Waals surface area contributed by atoms with Crippen molar-refractivity contribution < 1.29 is 23.9 Å². The zero-order valence-corrected chi connectivity index (χ0v) is 10.5. The van der Waals surface area contributed by atoms with Gasteiger partial charge in [0.05, 0.1) is 0 Å². The molecule has 1 rings (SSSR count). The Bertz CT molecular complexity index is 478. The van der Waals surface area contributed by atoms with E-state index in [-0.39, 0.29) is 12.2 Å². The van der Waals surface area contributed by atoms with Gasteiger partial charge in [0.15, 0.2) is 0 Å². The lowest BCUT2D eigenvalue weighted by atomic mass is 10.2. The van der Waals surface area contributed by atoms with Crippen molar-refractivity contribution in [1.82, 2.24) is 0 Å². The molecule has 0 fully saturated rings. The van der Waals surface area contributed by atoms with Crippen molar-refractivity contribution in [2.24, 2.45) is 5.92 Å². The van der Waals surface area contributed by atoms with Crippen LogP contribution in [0.4, 0.5) is 0 Å². The highest BCUT2D eigenvalue weighted by molar-refractivity contribution is 5.91. The number of carbonyl (C=O) groups excluding carboxylic acids is 3. The molecule has 0 aliphatic rings. The van der Waals surface area contributed by atoms with E-state index in [0.29, 0.717) is 12.0 Å². The molecule has 0 N–H and O–H groups in total. The van der Waals surface area contributed by atoms with Crippen LogP contribution in [0.15, 0.2) is 42.5 Å². The standard InChI is InChI=1S/C14H14O5/c1-10(2)13(16)18-9-11(8-15)14(17)19-12-6-4-3-5-7-12/h3-8,11H,1,9H2,2H3. The van der Waals surface area contributed by atoms with E-state index in [1.54, 1.807) is 30.3 Å². The van der Waals surface area contributed by atoms with Crippen molar-refractivity contribution >= 4 is 18.2 Å². The number of benzene rings is 1. The fourth-order valence-corrected chi connectivity index (χ4v) is 1.13. The van der Waals surface area contributed by atoms with Gasteiger partial charge in [-0.2, -0.15) is 0 Å². The van der Waals surface area contributed by atoms with Gasteiger partial charge in [-0.3, -0.25) is 4.79 Å². The van der Waals surface area contributed by atoms with Gasteiger partial charge in [0, 0.05) is 5.57 Å². The van der Waals surface area contributed by atoms with E-state index >= 15 is 0 Å². The first-order valence-electron chi connectivity index (χ1n) is 5.59. The Hall–Kier alpha value is -2.43. The summed E-state index contributed by atoms with van der Waals surface area (Å²) in [6.07, 6.45) is 0.386. The van der Waals surface area contributed by atoms with Crippen LogP contribution in [0.2, 0.25) is 0 Å².